The highest BCUT2D eigenvalue weighted by atomic mass is 16.2. The molecule has 9 nitrogen and oxygen atoms in total. The minimum Gasteiger partial charge on any atom is -0.383 e. The number of benzene rings is 1. The predicted molar refractivity (Wildman–Crippen MR) is 115 cm³/mol. The van der Waals surface area contributed by atoms with Crippen molar-refractivity contribution >= 4 is 34.2 Å². The fourth-order valence-electron chi connectivity index (χ4n) is 3.44. The van der Waals surface area contributed by atoms with Gasteiger partial charge in [-0.15, -0.1) is 0 Å². The fraction of sp³-hybridized carbons (Fsp3) is 0.286. The minimum absolute atomic E-state index is 0.0746. The zero-order valence-corrected chi connectivity index (χ0v) is 17.3. The Morgan fingerprint density at radius 3 is 2.50 bits per heavy atom. The number of aryl methyl sites for hydroxylation is 2. The highest BCUT2D eigenvalue weighted by Gasteiger charge is 2.24. The zero-order valence-electron chi connectivity index (χ0n) is 17.3. The van der Waals surface area contributed by atoms with Crippen molar-refractivity contribution in [2.45, 2.75) is 26.7 Å². The normalized spacial score (nSPS) is 10.9. The predicted octanol–water partition coefficient (Wildman–Crippen LogP) is 1.62. The number of carbonyl (C=O) groups excluding carboxylic acids is 2. The molecule has 0 fully saturated rings. The van der Waals surface area contributed by atoms with Crippen molar-refractivity contribution < 1.29 is 9.59 Å². The second-order valence-corrected chi connectivity index (χ2v) is 7.10. The van der Waals surface area contributed by atoms with Crippen LogP contribution in [0, 0.1) is 0 Å². The van der Waals surface area contributed by atoms with E-state index in [0.29, 0.717) is 29.7 Å². The van der Waals surface area contributed by atoms with Gasteiger partial charge < -0.3 is 11.1 Å². The summed E-state index contributed by atoms with van der Waals surface area (Å²) < 4.78 is 2.22. The first kappa shape index (κ1) is 21.0. The van der Waals surface area contributed by atoms with E-state index in [1.807, 2.05) is 6.92 Å². The summed E-state index contributed by atoms with van der Waals surface area (Å²) in [7, 11) is 2.88. The van der Waals surface area contributed by atoms with Crippen molar-refractivity contribution in [1.82, 2.24) is 14.1 Å². The van der Waals surface area contributed by atoms with E-state index in [0.717, 1.165) is 4.57 Å². The molecule has 0 aliphatic heterocycles. The van der Waals surface area contributed by atoms with E-state index < -0.39 is 17.2 Å². The van der Waals surface area contributed by atoms with Crippen molar-refractivity contribution in [1.29, 1.82) is 0 Å². The number of Topliss-reactive ketones (excluding diaryl/α,β-unsaturated/α-hetero) is 1. The molecule has 156 valence electrons. The molecule has 30 heavy (non-hydrogen) atoms. The first-order valence-corrected chi connectivity index (χ1v) is 9.47. The number of hydrogen-bond acceptors (Lipinski definition) is 6. The molecule has 9 heteroatoms. The summed E-state index contributed by atoms with van der Waals surface area (Å²) in [6, 6.07) is 6.52. The standard InChI is InChI=1S/C21H23N5O4/c1-5-7-14-15(19(28)23-13-9-6-8-12(10-13)11(2)27)17(22)24-18-16(14)20(29)26(4)21(30)25(18)3/h6,8-10H,5,7H2,1-4H3,(H2,22,24)(H,23,28). The van der Waals surface area contributed by atoms with Gasteiger partial charge in [0, 0.05) is 25.3 Å². The van der Waals surface area contributed by atoms with Crippen LogP contribution < -0.4 is 22.3 Å². The van der Waals surface area contributed by atoms with Crippen LogP contribution in [0.4, 0.5) is 11.5 Å². The number of anilines is 2. The Balaban J connectivity index is 2.24. The molecule has 0 aliphatic rings. The number of rotatable bonds is 5. The number of amides is 1. The highest BCUT2D eigenvalue weighted by molar-refractivity contribution is 6.11. The van der Waals surface area contributed by atoms with E-state index in [9.17, 15) is 19.2 Å². The van der Waals surface area contributed by atoms with E-state index in [-0.39, 0.29) is 28.2 Å². The Kier molecular flexibility index (Phi) is 5.55. The molecular weight excluding hydrogens is 386 g/mol. The average Bonchev–Trinajstić information content (AvgIpc) is 2.70. The van der Waals surface area contributed by atoms with Gasteiger partial charge in [0.2, 0.25) is 0 Å². The molecule has 3 N–H and O–H groups in total. The number of nitrogen functional groups attached to an aromatic ring is 1. The van der Waals surface area contributed by atoms with Gasteiger partial charge in [0.15, 0.2) is 11.4 Å². The van der Waals surface area contributed by atoms with Crippen LogP contribution in [0.2, 0.25) is 0 Å². The third kappa shape index (κ3) is 3.49. The number of aromatic nitrogens is 3. The molecule has 0 unspecified atom stereocenters. The van der Waals surface area contributed by atoms with Crippen molar-refractivity contribution in [2.75, 3.05) is 11.1 Å². The summed E-state index contributed by atoms with van der Waals surface area (Å²) in [5.74, 6) is -0.745. The number of nitrogens with two attached hydrogens (primary N) is 1. The van der Waals surface area contributed by atoms with Gasteiger partial charge in [0.05, 0.1) is 10.9 Å². The topological polar surface area (TPSA) is 129 Å². The molecule has 0 saturated carbocycles. The highest BCUT2D eigenvalue weighted by Crippen LogP contribution is 2.25. The smallest absolute Gasteiger partial charge is 0.332 e. The van der Waals surface area contributed by atoms with Gasteiger partial charge in [0.1, 0.15) is 5.82 Å². The molecule has 0 atom stereocenters. The Labute approximate surface area is 172 Å². The summed E-state index contributed by atoms with van der Waals surface area (Å²) in [4.78, 5) is 54.1. The Morgan fingerprint density at radius 1 is 1.17 bits per heavy atom. The zero-order chi connectivity index (χ0) is 22.2. The van der Waals surface area contributed by atoms with Crippen LogP contribution in [0.25, 0.3) is 11.0 Å². The van der Waals surface area contributed by atoms with Gasteiger partial charge in [-0.2, -0.15) is 0 Å². The summed E-state index contributed by atoms with van der Waals surface area (Å²) >= 11 is 0. The Hall–Kier alpha value is -3.75. The van der Waals surface area contributed by atoms with Crippen molar-refractivity contribution in [2.24, 2.45) is 14.1 Å². The summed E-state index contributed by atoms with van der Waals surface area (Å²) in [5, 5.41) is 2.92. The lowest BCUT2D eigenvalue weighted by Crippen LogP contribution is -2.38. The van der Waals surface area contributed by atoms with E-state index in [1.54, 1.807) is 24.3 Å². The van der Waals surface area contributed by atoms with Gasteiger partial charge >= 0.3 is 5.69 Å². The lowest BCUT2D eigenvalue weighted by atomic mass is 9.99. The molecule has 0 saturated heterocycles. The van der Waals surface area contributed by atoms with Gasteiger partial charge in [-0.05, 0) is 31.0 Å². The van der Waals surface area contributed by atoms with Crippen molar-refractivity contribution in [3.05, 3.63) is 61.8 Å². The fourth-order valence-corrected chi connectivity index (χ4v) is 3.44. The maximum atomic E-state index is 13.1. The summed E-state index contributed by atoms with van der Waals surface area (Å²) in [6.07, 6.45) is 1.04. The second-order valence-electron chi connectivity index (χ2n) is 7.10. The van der Waals surface area contributed by atoms with E-state index in [1.165, 1.54) is 25.6 Å². The third-order valence-corrected chi connectivity index (χ3v) is 4.97. The van der Waals surface area contributed by atoms with Gasteiger partial charge in [-0.25, -0.2) is 9.78 Å². The quantitative estimate of drug-likeness (QED) is 0.616. The van der Waals surface area contributed by atoms with Crippen LogP contribution in [0.1, 0.15) is 46.5 Å². The Morgan fingerprint density at radius 2 is 1.87 bits per heavy atom. The van der Waals surface area contributed by atoms with Crippen LogP contribution in [0.15, 0.2) is 33.9 Å². The largest absolute Gasteiger partial charge is 0.383 e. The number of nitrogens with zero attached hydrogens (tertiary/aromatic N) is 3. The van der Waals surface area contributed by atoms with Gasteiger partial charge in [0.25, 0.3) is 11.5 Å². The van der Waals surface area contributed by atoms with E-state index >= 15 is 0 Å². The molecule has 3 rings (SSSR count). The molecule has 1 amide bonds. The second kappa shape index (κ2) is 7.94. The van der Waals surface area contributed by atoms with Crippen LogP contribution in [0.5, 0.6) is 0 Å². The molecule has 1 aromatic carbocycles. The van der Waals surface area contributed by atoms with Gasteiger partial charge in [-0.1, -0.05) is 25.5 Å². The molecular formula is C21H23N5O4. The van der Waals surface area contributed by atoms with Crippen molar-refractivity contribution in [3.8, 4) is 0 Å². The third-order valence-electron chi connectivity index (χ3n) is 4.97. The number of fused-ring (bicyclic) bond motifs is 1. The number of nitrogens with one attached hydrogen (secondary N) is 1. The molecule has 0 bridgehead atoms. The van der Waals surface area contributed by atoms with Gasteiger partial charge in [-0.3, -0.25) is 23.5 Å². The van der Waals surface area contributed by atoms with E-state index in [2.05, 4.69) is 10.3 Å². The monoisotopic (exact) mass is 409 g/mol. The lowest BCUT2D eigenvalue weighted by Gasteiger charge is -2.16. The maximum Gasteiger partial charge on any atom is 0.332 e. The Bertz CT molecular complexity index is 1300. The molecule has 2 heterocycles. The van der Waals surface area contributed by atoms with Crippen LogP contribution in [-0.2, 0) is 20.5 Å². The summed E-state index contributed by atoms with van der Waals surface area (Å²) in [6.45, 7) is 3.35. The number of ketones is 1. The molecule has 2 aromatic heterocycles. The average molecular weight is 409 g/mol. The van der Waals surface area contributed by atoms with Crippen molar-refractivity contribution in [3.63, 3.8) is 0 Å². The first-order valence-electron chi connectivity index (χ1n) is 9.47. The molecule has 3 aromatic rings. The molecule has 0 radical (unpaired) electrons. The summed E-state index contributed by atoms with van der Waals surface area (Å²) in [5.41, 5.74) is 6.59. The van der Waals surface area contributed by atoms with Crippen LogP contribution in [0.3, 0.4) is 0 Å². The van der Waals surface area contributed by atoms with Crippen LogP contribution >= 0.6 is 0 Å². The van der Waals surface area contributed by atoms with E-state index in [4.69, 9.17) is 5.73 Å². The lowest BCUT2D eigenvalue weighted by molar-refractivity contribution is 0.101. The minimum atomic E-state index is -0.540. The maximum absolute atomic E-state index is 13.1. The van der Waals surface area contributed by atoms with Crippen LogP contribution in [-0.4, -0.2) is 25.8 Å². The molecule has 0 spiro atoms. The number of carbonyl (C=O) groups is 2. The number of pyridine rings is 1. The molecule has 0 aliphatic carbocycles. The number of hydrogen-bond donors (Lipinski definition) is 2. The first-order chi connectivity index (χ1) is 14.2. The SMILES string of the molecule is CCCc1c(C(=O)Nc2cccc(C(C)=O)c2)c(N)nc2c1c(=O)n(C)c(=O)n2C.